The minimum absolute atomic E-state index is 0.0122. The van der Waals surface area contributed by atoms with Crippen molar-refractivity contribution in [3.05, 3.63) is 0 Å². The van der Waals surface area contributed by atoms with E-state index in [0.717, 1.165) is 32.2 Å². The zero-order valence-electron chi connectivity index (χ0n) is 10.7. The summed E-state index contributed by atoms with van der Waals surface area (Å²) >= 11 is 0. The summed E-state index contributed by atoms with van der Waals surface area (Å²) in [5.41, 5.74) is 0. The molecule has 0 aromatic heterocycles. The van der Waals surface area contributed by atoms with Crippen LogP contribution in [-0.2, 0) is 14.6 Å². The van der Waals surface area contributed by atoms with Crippen molar-refractivity contribution in [1.82, 2.24) is 5.32 Å². The van der Waals surface area contributed by atoms with Gasteiger partial charge in [-0.3, -0.25) is 4.79 Å². The molecule has 0 spiro atoms. The standard InChI is InChI=1S/C12H23NO3S/c1-10(2)17(15,16)9-7-12(14)11-6-4-3-5-8-13-11/h10-11,13H,3-9H2,1-2H3. The average molecular weight is 261 g/mol. The first-order valence-corrected chi connectivity index (χ1v) is 8.12. The monoisotopic (exact) mass is 261 g/mol. The molecule has 1 rings (SSSR count). The van der Waals surface area contributed by atoms with Crippen molar-refractivity contribution in [1.29, 1.82) is 0 Å². The van der Waals surface area contributed by atoms with Gasteiger partial charge < -0.3 is 5.32 Å². The van der Waals surface area contributed by atoms with Crippen LogP contribution in [0.5, 0.6) is 0 Å². The van der Waals surface area contributed by atoms with Crippen LogP contribution in [0, 0.1) is 0 Å². The molecular formula is C12H23NO3S. The van der Waals surface area contributed by atoms with Crippen LogP contribution in [0.25, 0.3) is 0 Å². The zero-order chi connectivity index (χ0) is 12.9. The maximum absolute atomic E-state index is 11.9. The van der Waals surface area contributed by atoms with Crippen molar-refractivity contribution in [2.45, 2.75) is 57.2 Å². The Labute approximate surface area is 104 Å². The Hall–Kier alpha value is -0.420. The van der Waals surface area contributed by atoms with Gasteiger partial charge in [0.05, 0.1) is 17.0 Å². The highest BCUT2D eigenvalue weighted by molar-refractivity contribution is 7.91. The highest BCUT2D eigenvalue weighted by Crippen LogP contribution is 2.11. The molecule has 1 aliphatic rings. The lowest BCUT2D eigenvalue weighted by molar-refractivity contribution is -0.120. The van der Waals surface area contributed by atoms with Crippen LogP contribution in [-0.4, -0.2) is 37.8 Å². The summed E-state index contributed by atoms with van der Waals surface area (Å²) < 4.78 is 23.2. The molecule has 1 heterocycles. The van der Waals surface area contributed by atoms with Crippen LogP contribution in [0.3, 0.4) is 0 Å². The number of Topliss-reactive ketones (excluding diaryl/α,β-unsaturated/α-hetero) is 1. The molecule has 17 heavy (non-hydrogen) atoms. The third-order valence-corrected chi connectivity index (χ3v) is 5.51. The van der Waals surface area contributed by atoms with Gasteiger partial charge >= 0.3 is 0 Å². The van der Waals surface area contributed by atoms with Gasteiger partial charge in [0.2, 0.25) is 0 Å². The molecule has 5 heteroatoms. The number of nitrogens with one attached hydrogen (secondary N) is 1. The van der Waals surface area contributed by atoms with Crippen LogP contribution in [0.2, 0.25) is 0 Å². The van der Waals surface area contributed by atoms with Gasteiger partial charge in [0.1, 0.15) is 0 Å². The van der Waals surface area contributed by atoms with Gasteiger partial charge in [-0.1, -0.05) is 12.8 Å². The summed E-state index contributed by atoms with van der Waals surface area (Å²) in [7, 11) is -3.09. The van der Waals surface area contributed by atoms with Gasteiger partial charge in [0.25, 0.3) is 0 Å². The lowest BCUT2D eigenvalue weighted by Gasteiger charge is -2.14. The van der Waals surface area contributed by atoms with E-state index in [1.807, 2.05) is 0 Å². The minimum atomic E-state index is -3.09. The molecule has 0 aromatic rings. The van der Waals surface area contributed by atoms with Gasteiger partial charge in [0.15, 0.2) is 15.6 Å². The summed E-state index contributed by atoms with van der Waals surface area (Å²) in [6.45, 7) is 4.18. The number of carbonyl (C=O) groups is 1. The molecule has 0 bridgehead atoms. The van der Waals surface area contributed by atoms with Crippen molar-refractivity contribution in [3.8, 4) is 0 Å². The topological polar surface area (TPSA) is 63.2 Å². The molecule has 4 nitrogen and oxygen atoms in total. The first kappa shape index (κ1) is 14.6. The summed E-state index contributed by atoms with van der Waals surface area (Å²) in [6.07, 6.45) is 4.31. The predicted octanol–water partition coefficient (Wildman–Crippen LogP) is 1.30. The molecule has 0 aromatic carbocycles. The number of hydrogen-bond donors (Lipinski definition) is 1. The van der Waals surface area contributed by atoms with Crippen LogP contribution in [0.1, 0.15) is 46.0 Å². The number of rotatable bonds is 5. The van der Waals surface area contributed by atoms with E-state index in [9.17, 15) is 13.2 Å². The molecular weight excluding hydrogens is 238 g/mol. The Kier molecular flexibility index (Phi) is 5.59. The van der Waals surface area contributed by atoms with E-state index in [4.69, 9.17) is 0 Å². The lowest BCUT2D eigenvalue weighted by atomic mass is 10.1. The third-order valence-electron chi connectivity index (χ3n) is 3.30. The first-order valence-electron chi connectivity index (χ1n) is 6.41. The SMILES string of the molecule is CC(C)S(=O)(=O)CCC(=O)C1CCCCCN1. The smallest absolute Gasteiger partial charge is 0.153 e. The fraction of sp³-hybridized carbons (Fsp3) is 0.917. The normalized spacial score (nSPS) is 22.4. The average Bonchev–Trinajstić information content (AvgIpc) is 2.54. The predicted molar refractivity (Wildman–Crippen MR) is 68.8 cm³/mol. The van der Waals surface area contributed by atoms with Crippen LogP contribution in [0.4, 0.5) is 0 Å². The van der Waals surface area contributed by atoms with E-state index in [2.05, 4.69) is 5.32 Å². The third kappa shape index (κ3) is 4.76. The van der Waals surface area contributed by atoms with E-state index in [0.29, 0.717) is 0 Å². The van der Waals surface area contributed by atoms with E-state index >= 15 is 0 Å². The van der Waals surface area contributed by atoms with Crippen molar-refractivity contribution >= 4 is 15.6 Å². The molecule has 0 saturated carbocycles. The Morgan fingerprint density at radius 3 is 2.65 bits per heavy atom. The molecule has 1 N–H and O–H groups in total. The summed E-state index contributed by atoms with van der Waals surface area (Å²) in [6, 6.07) is -0.125. The zero-order valence-corrected chi connectivity index (χ0v) is 11.6. The summed E-state index contributed by atoms with van der Waals surface area (Å²) in [4.78, 5) is 11.9. The molecule has 1 unspecified atom stereocenters. The lowest BCUT2D eigenvalue weighted by Crippen LogP contribution is -2.37. The second-order valence-electron chi connectivity index (χ2n) is 4.99. The van der Waals surface area contributed by atoms with Crippen molar-refractivity contribution < 1.29 is 13.2 Å². The Morgan fingerprint density at radius 1 is 1.29 bits per heavy atom. The van der Waals surface area contributed by atoms with E-state index in [1.54, 1.807) is 13.8 Å². The van der Waals surface area contributed by atoms with E-state index in [1.165, 1.54) is 0 Å². The molecule has 1 saturated heterocycles. The molecule has 0 amide bonds. The van der Waals surface area contributed by atoms with Crippen molar-refractivity contribution in [3.63, 3.8) is 0 Å². The molecule has 0 radical (unpaired) electrons. The number of hydrogen-bond acceptors (Lipinski definition) is 4. The largest absolute Gasteiger partial charge is 0.307 e. The fourth-order valence-electron chi connectivity index (χ4n) is 1.96. The Bertz CT molecular complexity index is 341. The Balaban J connectivity index is 2.43. The summed E-state index contributed by atoms with van der Waals surface area (Å²) in [5, 5.41) is 2.81. The number of ketones is 1. The molecule has 0 aliphatic carbocycles. The highest BCUT2D eigenvalue weighted by Gasteiger charge is 2.23. The van der Waals surface area contributed by atoms with Crippen LogP contribution < -0.4 is 5.32 Å². The van der Waals surface area contributed by atoms with Gasteiger partial charge in [-0.2, -0.15) is 0 Å². The number of sulfone groups is 1. The second kappa shape index (κ2) is 6.50. The summed E-state index contributed by atoms with van der Waals surface area (Å²) in [5.74, 6) is 0.0397. The van der Waals surface area contributed by atoms with Crippen molar-refractivity contribution in [2.75, 3.05) is 12.3 Å². The molecule has 1 fully saturated rings. The van der Waals surface area contributed by atoms with E-state index < -0.39 is 15.1 Å². The number of carbonyl (C=O) groups excluding carboxylic acids is 1. The van der Waals surface area contributed by atoms with Gasteiger partial charge in [-0.15, -0.1) is 0 Å². The van der Waals surface area contributed by atoms with Crippen LogP contribution >= 0.6 is 0 Å². The first-order chi connectivity index (χ1) is 7.93. The molecule has 100 valence electrons. The molecule has 1 aliphatic heterocycles. The fourth-order valence-corrected chi connectivity index (χ4v) is 2.91. The quantitative estimate of drug-likeness (QED) is 0.810. The van der Waals surface area contributed by atoms with Gasteiger partial charge in [-0.05, 0) is 33.2 Å². The maximum atomic E-state index is 11.9. The van der Waals surface area contributed by atoms with Crippen molar-refractivity contribution in [2.24, 2.45) is 0 Å². The van der Waals surface area contributed by atoms with Gasteiger partial charge in [-0.25, -0.2) is 8.42 Å². The van der Waals surface area contributed by atoms with E-state index in [-0.39, 0.29) is 24.0 Å². The highest BCUT2D eigenvalue weighted by atomic mass is 32.2. The minimum Gasteiger partial charge on any atom is -0.307 e. The van der Waals surface area contributed by atoms with Gasteiger partial charge in [0, 0.05) is 6.42 Å². The second-order valence-corrected chi connectivity index (χ2v) is 7.66. The molecule has 1 atom stereocenters. The maximum Gasteiger partial charge on any atom is 0.153 e. The van der Waals surface area contributed by atoms with Crippen LogP contribution in [0.15, 0.2) is 0 Å². The Morgan fingerprint density at radius 2 is 2.00 bits per heavy atom.